The van der Waals surface area contributed by atoms with Crippen LogP contribution in [-0.2, 0) is 4.84 Å². The number of nitrogens with zero attached hydrogens (tertiary/aromatic N) is 3. The molecule has 1 aromatic heterocycles. The Hall–Kier alpha value is -0.830. The van der Waals surface area contributed by atoms with Crippen molar-refractivity contribution < 1.29 is 4.84 Å². The Bertz CT molecular complexity index is 333. The largest absolute Gasteiger partial charge is 0.272 e. The number of hydroxylamine groups is 1. The fraction of sp³-hybridized carbons (Fsp3) is 0.429. The van der Waals surface area contributed by atoms with Crippen molar-refractivity contribution in [3.63, 3.8) is 0 Å². The molecule has 0 aliphatic carbocycles. The van der Waals surface area contributed by atoms with E-state index in [0.717, 1.165) is 0 Å². The van der Waals surface area contributed by atoms with E-state index in [-0.39, 0.29) is 5.15 Å². The van der Waals surface area contributed by atoms with Gasteiger partial charge in [-0.3, -0.25) is 4.84 Å². The van der Waals surface area contributed by atoms with Crippen LogP contribution in [0, 0.1) is 11.3 Å². The van der Waals surface area contributed by atoms with Crippen molar-refractivity contribution in [1.29, 1.82) is 5.26 Å². The second-order valence-electron chi connectivity index (χ2n) is 2.14. The third kappa shape index (κ3) is 2.31. The molecule has 0 spiro atoms. The van der Waals surface area contributed by atoms with Crippen molar-refractivity contribution in [2.75, 3.05) is 18.7 Å². The van der Waals surface area contributed by atoms with E-state index in [1.807, 2.05) is 13.0 Å². The molecule has 1 heterocycles. The predicted octanol–water partition coefficient (Wildman–Crippen LogP) is 2.06. The number of halogens is 1. The van der Waals surface area contributed by atoms with Gasteiger partial charge in [0, 0.05) is 7.05 Å². The van der Waals surface area contributed by atoms with Gasteiger partial charge in [-0.05, 0) is 6.92 Å². The molecule has 0 radical (unpaired) electrons. The van der Waals surface area contributed by atoms with E-state index >= 15 is 0 Å². The number of rotatable bonds is 3. The van der Waals surface area contributed by atoms with Crippen molar-refractivity contribution in [2.45, 2.75) is 6.92 Å². The van der Waals surface area contributed by atoms with Crippen LogP contribution >= 0.6 is 22.9 Å². The summed E-state index contributed by atoms with van der Waals surface area (Å²) in [6, 6.07) is 1.95. The van der Waals surface area contributed by atoms with Crippen LogP contribution in [0.25, 0.3) is 0 Å². The molecular weight excluding hydrogens is 210 g/mol. The number of anilines is 1. The van der Waals surface area contributed by atoms with Gasteiger partial charge in [0.25, 0.3) is 0 Å². The van der Waals surface area contributed by atoms with Crippen molar-refractivity contribution in [3.05, 3.63) is 10.0 Å². The van der Waals surface area contributed by atoms with Gasteiger partial charge in [0.05, 0.1) is 6.61 Å². The van der Waals surface area contributed by atoms with E-state index in [1.165, 1.54) is 16.4 Å². The topological polar surface area (TPSA) is 49.1 Å². The van der Waals surface area contributed by atoms with Gasteiger partial charge in [-0.15, -0.1) is 0 Å². The van der Waals surface area contributed by atoms with E-state index in [9.17, 15) is 0 Å². The molecule has 4 nitrogen and oxygen atoms in total. The third-order valence-electron chi connectivity index (χ3n) is 1.27. The summed E-state index contributed by atoms with van der Waals surface area (Å²) in [4.78, 5) is 9.52. The van der Waals surface area contributed by atoms with Crippen LogP contribution in [0.5, 0.6) is 0 Å². The second kappa shape index (κ2) is 4.42. The maximum absolute atomic E-state index is 8.62. The Kier molecular flexibility index (Phi) is 3.48. The minimum atomic E-state index is 0.231. The smallest absolute Gasteiger partial charge is 0.212 e. The minimum absolute atomic E-state index is 0.231. The standard InChI is InChI=1S/C7H8ClN3OS/c1-3-12-11(2)7-10-6(8)5(4-9)13-7/h3H2,1-2H3. The summed E-state index contributed by atoms with van der Waals surface area (Å²) < 4.78 is 0. The molecule has 0 fully saturated rings. The summed E-state index contributed by atoms with van der Waals surface area (Å²) in [5, 5.41) is 10.9. The van der Waals surface area contributed by atoms with Crippen LogP contribution in [0.3, 0.4) is 0 Å². The first-order valence-corrected chi connectivity index (χ1v) is 4.81. The van der Waals surface area contributed by atoms with E-state index in [0.29, 0.717) is 16.6 Å². The number of hydrogen-bond donors (Lipinski definition) is 0. The Morgan fingerprint density at radius 2 is 2.46 bits per heavy atom. The highest BCUT2D eigenvalue weighted by Crippen LogP contribution is 2.28. The summed E-state index contributed by atoms with van der Waals surface area (Å²) in [6.07, 6.45) is 0. The molecule has 0 aromatic carbocycles. The molecule has 0 bridgehead atoms. The fourth-order valence-corrected chi connectivity index (χ4v) is 1.71. The Labute approximate surface area is 85.3 Å². The second-order valence-corrected chi connectivity index (χ2v) is 3.48. The number of hydrogen-bond acceptors (Lipinski definition) is 5. The van der Waals surface area contributed by atoms with Gasteiger partial charge < -0.3 is 0 Å². The molecule has 70 valence electrons. The molecule has 0 unspecified atom stereocenters. The summed E-state index contributed by atoms with van der Waals surface area (Å²) in [5.74, 6) is 0. The van der Waals surface area contributed by atoms with Gasteiger partial charge in [-0.2, -0.15) is 5.26 Å². The zero-order valence-corrected chi connectivity index (χ0v) is 8.82. The van der Waals surface area contributed by atoms with E-state index in [4.69, 9.17) is 21.7 Å². The zero-order valence-electron chi connectivity index (χ0n) is 7.24. The summed E-state index contributed by atoms with van der Waals surface area (Å²) >= 11 is 6.89. The van der Waals surface area contributed by atoms with E-state index in [1.54, 1.807) is 7.05 Å². The Morgan fingerprint density at radius 1 is 1.77 bits per heavy atom. The molecule has 1 aromatic rings. The molecule has 0 saturated heterocycles. The fourth-order valence-electron chi connectivity index (χ4n) is 0.743. The van der Waals surface area contributed by atoms with Crippen LogP contribution in [0.15, 0.2) is 0 Å². The van der Waals surface area contributed by atoms with Crippen LogP contribution < -0.4 is 5.06 Å². The monoisotopic (exact) mass is 217 g/mol. The zero-order chi connectivity index (χ0) is 9.84. The van der Waals surface area contributed by atoms with Gasteiger partial charge in [0.15, 0.2) is 5.15 Å². The van der Waals surface area contributed by atoms with E-state index < -0.39 is 0 Å². The molecule has 0 aliphatic heterocycles. The van der Waals surface area contributed by atoms with Gasteiger partial charge in [-0.25, -0.2) is 10.0 Å². The lowest BCUT2D eigenvalue weighted by atomic mass is 10.6. The van der Waals surface area contributed by atoms with Crippen molar-refractivity contribution in [3.8, 4) is 6.07 Å². The Morgan fingerprint density at radius 3 is 2.92 bits per heavy atom. The molecule has 13 heavy (non-hydrogen) atoms. The first kappa shape index (κ1) is 10.3. The summed E-state index contributed by atoms with van der Waals surface area (Å²) in [7, 11) is 1.72. The molecule has 0 N–H and O–H groups in total. The van der Waals surface area contributed by atoms with Crippen molar-refractivity contribution in [2.24, 2.45) is 0 Å². The molecule has 1 rings (SSSR count). The average Bonchev–Trinajstić information content (AvgIpc) is 2.47. The summed E-state index contributed by atoms with van der Waals surface area (Å²) in [6.45, 7) is 2.42. The minimum Gasteiger partial charge on any atom is -0.272 e. The van der Waals surface area contributed by atoms with Crippen LogP contribution in [-0.4, -0.2) is 18.6 Å². The number of aromatic nitrogens is 1. The van der Waals surface area contributed by atoms with Crippen molar-refractivity contribution >= 4 is 28.1 Å². The highest BCUT2D eigenvalue weighted by Gasteiger charge is 2.11. The molecule has 0 atom stereocenters. The lowest BCUT2D eigenvalue weighted by molar-refractivity contribution is 0.134. The molecule has 6 heteroatoms. The van der Waals surface area contributed by atoms with Gasteiger partial charge in [0.1, 0.15) is 10.9 Å². The molecule has 0 saturated carbocycles. The predicted molar refractivity (Wildman–Crippen MR) is 51.9 cm³/mol. The SMILES string of the molecule is CCON(C)c1nc(Cl)c(C#N)s1. The molecular formula is C7H8ClN3OS. The van der Waals surface area contributed by atoms with Crippen LogP contribution in [0.2, 0.25) is 5.15 Å². The number of thiazole rings is 1. The third-order valence-corrected chi connectivity index (χ3v) is 2.67. The maximum atomic E-state index is 8.62. The maximum Gasteiger partial charge on any atom is 0.212 e. The average molecular weight is 218 g/mol. The van der Waals surface area contributed by atoms with Gasteiger partial charge in [-0.1, -0.05) is 22.9 Å². The normalized spacial score (nSPS) is 9.69. The first-order valence-electron chi connectivity index (χ1n) is 3.62. The highest BCUT2D eigenvalue weighted by atomic mass is 35.5. The number of nitriles is 1. The quantitative estimate of drug-likeness (QED) is 0.728. The molecule has 0 amide bonds. The van der Waals surface area contributed by atoms with Crippen molar-refractivity contribution in [1.82, 2.24) is 4.98 Å². The van der Waals surface area contributed by atoms with Gasteiger partial charge >= 0.3 is 0 Å². The lowest BCUT2D eigenvalue weighted by Gasteiger charge is -2.12. The highest BCUT2D eigenvalue weighted by molar-refractivity contribution is 7.16. The summed E-state index contributed by atoms with van der Waals surface area (Å²) in [5.41, 5.74) is 0. The van der Waals surface area contributed by atoms with E-state index in [2.05, 4.69) is 4.98 Å². The lowest BCUT2D eigenvalue weighted by Crippen LogP contribution is -2.16. The van der Waals surface area contributed by atoms with Crippen LogP contribution in [0.4, 0.5) is 5.13 Å². The first-order chi connectivity index (χ1) is 6.19. The molecule has 0 aliphatic rings. The Balaban J connectivity index is 2.85. The van der Waals surface area contributed by atoms with Crippen LogP contribution in [0.1, 0.15) is 11.8 Å². The van der Waals surface area contributed by atoms with Gasteiger partial charge in [0.2, 0.25) is 5.13 Å².